The van der Waals surface area contributed by atoms with Crippen LogP contribution in [-0.2, 0) is 10.8 Å². The Morgan fingerprint density at radius 3 is 2.65 bits per heavy atom. The maximum absolute atomic E-state index is 12.0. The lowest BCUT2D eigenvalue weighted by atomic mass is 9.95. The zero-order chi connectivity index (χ0) is 16.0. The van der Waals surface area contributed by atoms with Crippen molar-refractivity contribution in [3.63, 3.8) is 0 Å². The Morgan fingerprint density at radius 2 is 2.09 bits per heavy atom. The minimum atomic E-state index is -0.695. The SMILES string of the molecule is CCNC(=NCC1(CO)CC1)NC1CCCC(S(=O)CC)C1.I. The first-order chi connectivity index (χ1) is 10.6. The van der Waals surface area contributed by atoms with Crippen LogP contribution in [0.25, 0.3) is 0 Å². The Bertz CT molecular complexity index is 416. The van der Waals surface area contributed by atoms with Gasteiger partial charge in [-0.05, 0) is 39.0 Å². The lowest BCUT2D eigenvalue weighted by Crippen LogP contribution is -2.47. The van der Waals surface area contributed by atoms with Crippen molar-refractivity contribution in [3.8, 4) is 0 Å². The molecule has 0 amide bonds. The molecule has 136 valence electrons. The molecule has 2 saturated carbocycles. The fraction of sp³-hybridized carbons (Fsp3) is 0.938. The molecule has 3 atom stereocenters. The molecule has 3 unspecified atom stereocenters. The third kappa shape index (κ3) is 6.49. The molecule has 2 aliphatic carbocycles. The van der Waals surface area contributed by atoms with Gasteiger partial charge in [0.15, 0.2) is 5.96 Å². The van der Waals surface area contributed by atoms with Crippen molar-refractivity contribution in [2.75, 3.05) is 25.4 Å². The summed E-state index contributed by atoms with van der Waals surface area (Å²) in [6.07, 6.45) is 6.46. The maximum atomic E-state index is 12.0. The summed E-state index contributed by atoms with van der Waals surface area (Å²) in [5.41, 5.74) is 0.0428. The predicted octanol–water partition coefficient (Wildman–Crippen LogP) is 2.01. The van der Waals surface area contributed by atoms with Crippen LogP contribution in [0, 0.1) is 5.41 Å². The quantitative estimate of drug-likeness (QED) is 0.311. The largest absolute Gasteiger partial charge is 0.396 e. The van der Waals surface area contributed by atoms with Crippen molar-refractivity contribution in [1.82, 2.24) is 10.6 Å². The van der Waals surface area contributed by atoms with Gasteiger partial charge in [0, 0.05) is 39.8 Å². The zero-order valence-electron chi connectivity index (χ0n) is 14.3. The van der Waals surface area contributed by atoms with Gasteiger partial charge < -0.3 is 15.7 Å². The minimum Gasteiger partial charge on any atom is -0.396 e. The topological polar surface area (TPSA) is 73.7 Å². The van der Waals surface area contributed by atoms with Crippen LogP contribution in [-0.4, -0.2) is 52.0 Å². The summed E-state index contributed by atoms with van der Waals surface area (Å²) >= 11 is 0. The van der Waals surface area contributed by atoms with E-state index in [1.165, 1.54) is 0 Å². The highest BCUT2D eigenvalue weighted by molar-refractivity contribution is 14.0. The summed E-state index contributed by atoms with van der Waals surface area (Å²) < 4.78 is 12.0. The molecule has 0 radical (unpaired) electrons. The Labute approximate surface area is 160 Å². The highest BCUT2D eigenvalue weighted by Gasteiger charge is 2.41. The molecule has 0 saturated heterocycles. The first kappa shape index (κ1) is 21.2. The molecule has 5 nitrogen and oxygen atoms in total. The second-order valence-electron chi connectivity index (χ2n) is 6.65. The average Bonchev–Trinajstić information content (AvgIpc) is 3.33. The summed E-state index contributed by atoms with van der Waals surface area (Å²) in [5.74, 6) is 1.60. The normalized spacial score (nSPS) is 27.7. The predicted molar refractivity (Wildman–Crippen MR) is 108 cm³/mol. The molecule has 2 rings (SSSR count). The minimum absolute atomic E-state index is 0. The van der Waals surface area contributed by atoms with Gasteiger partial charge in [0.05, 0.1) is 13.2 Å². The Balaban J connectivity index is 0.00000264. The highest BCUT2D eigenvalue weighted by Crippen LogP contribution is 2.45. The van der Waals surface area contributed by atoms with Crippen molar-refractivity contribution in [3.05, 3.63) is 0 Å². The number of aliphatic hydroxyl groups excluding tert-OH is 1. The molecule has 0 aliphatic heterocycles. The van der Waals surface area contributed by atoms with Gasteiger partial charge in [-0.25, -0.2) is 0 Å². The highest BCUT2D eigenvalue weighted by atomic mass is 127. The van der Waals surface area contributed by atoms with Crippen LogP contribution in [0.2, 0.25) is 0 Å². The lowest BCUT2D eigenvalue weighted by molar-refractivity contribution is 0.216. The zero-order valence-corrected chi connectivity index (χ0v) is 17.5. The number of aliphatic imine (C=N–C) groups is 1. The summed E-state index contributed by atoms with van der Waals surface area (Å²) in [6, 6.07) is 0.358. The Kier molecular flexibility index (Phi) is 9.36. The lowest BCUT2D eigenvalue weighted by Gasteiger charge is -2.30. The number of nitrogens with zero attached hydrogens (tertiary/aromatic N) is 1. The third-order valence-electron chi connectivity index (χ3n) is 4.83. The number of aliphatic hydroxyl groups is 1. The molecule has 23 heavy (non-hydrogen) atoms. The van der Waals surface area contributed by atoms with Crippen LogP contribution in [0.1, 0.15) is 52.4 Å². The van der Waals surface area contributed by atoms with Gasteiger partial charge >= 0.3 is 0 Å². The van der Waals surface area contributed by atoms with Crippen LogP contribution in [0.3, 0.4) is 0 Å². The number of hydrogen-bond donors (Lipinski definition) is 3. The van der Waals surface area contributed by atoms with E-state index in [-0.39, 0.29) is 36.0 Å². The molecule has 0 heterocycles. The molecule has 0 spiro atoms. The van der Waals surface area contributed by atoms with Crippen LogP contribution in [0.5, 0.6) is 0 Å². The monoisotopic (exact) mass is 457 g/mol. The third-order valence-corrected chi connectivity index (χ3v) is 6.57. The summed E-state index contributed by atoms with van der Waals surface area (Å²) in [6.45, 7) is 5.82. The molecule has 0 bridgehead atoms. The van der Waals surface area contributed by atoms with E-state index in [0.29, 0.717) is 17.8 Å². The van der Waals surface area contributed by atoms with Crippen LogP contribution in [0.4, 0.5) is 0 Å². The molecule has 0 aromatic heterocycles. The van der Waals surface area contributed by atoms with E-state index >= 15 is 0 Å². The molecule has 0 aromatic rings. The second-order valence-corrected chi connectivity index (χ2v) is 8.66. The number of rotatable bonds is 7. The van der Waals surface area contributed by atoms with E-state index in [2.05, 4.69) is 22.5 Å². The first-order valence-electron chi connectivity index (χ1n) is 8.65. The number of hydrogen-bond acceptors (Lipinski definition) is 3. The molecule has 2 aliphatic rings. The van der Waals surface area contributed by atoms with Crippen LogP contribution >= 0.6 is 24.0 Å². The van der Waals surface area contributed by atoms with Gasteiger partial charge in [-0.3, -0.25) is 9.20 Å². The Hall–Kier alpha value is 0.110. The van der Waals surface area contributed by atoms with Crippen molar-refractivity contribution in [1.29, 1.82) is 0 Å². The molecule has 3 N–H and O–H groups in total. The molecular weight excluding hydrogens is 425 g/mol. The fourth-order valence-electron chi connectivity index (χ4n) is 3.05. The van der Waals surface area contributed by atoms with Crippen molar-refractivity contribution in [2.24, 2.45) is 10.4 Å². The van der Waals surface area contributed by atoms with Gasteiger partial charge in [0.25, 0.3) is 0 Å². The van der Waals surface area contributed by atoms with Crippen molar-refractivity contribution < 1.29 is 9.32 Å². The van der Waals surface area contributed by atoms with E-state index < -0.39 is 10.8 Å². The van der Waals surface area contributed by atoms with Crippen LogP contribution in [0.15, 0.2) is 4.99 Å². The van der Waals surface area contributed by atoms with Gasteiger partial charge in [-0.1, -0.05) is 13.3 Å². The molecule has 2 fully saturated rings. The van der Waals surface area contributed by atoms with E-state index in [1.54, 1.807) is 0 Å². The number of nitrogens with one attached hydrogen (secondary N) is 2. The number of halogens is 1. The van der Waals surface area contributed by atoms with Gasteiger partial charge in [-0.15, -0.1) is 24.0 Å². The second kappa shape index (κ2) is 10.2. The molecular formula is C16H32IN3O2S. The smallest absolute Gasteiger partial charge is 0.191 e. The van der Waals surface area contributed by atoms with Gasteiger partial charge in [0.1, 0.15) is 0 Å². The maximum Gasteiger partial charge on any atom is 0.191 e. The summed E-state index contributed by atoms with van der Waals surface area (Å²) in [7, 11) is -0.695. The Morgan fingerprint density at radius 1 is 1.35 bits per heavy atom. The average molecular weight is 457 g/mol. The fourth-order valence-corrected chi connectivity index (χ4v) is 4.40. The van der Waals surface area contributed by atoms with E-state index in [4.69, 9.17) is 0 Å². The number of guanidine groups is 1. The van der Waals surface area contributed by atoms with E-state index in [1.807, 2.05) is 6.92 Å². The van der Waals surface area contributed by atoms with Crippen molar-refractivity contribution in [2.45, 2.75) is 63.7 Å². The van der Waals surface area contributed by atoms with E-state index in [9.17, 15) is 9.32 Å². The van der Waals surface area contributed by atoms with E-state index in [0.717, 1.165) is 56.8 Å². The first-order valence-corrected chi connectivity index (χ1v) is 10.0. The van der Waals surface area contributed by atoms with Crippen LogP contribution < -0.4 is 10.6 Å². The van der Waals surface area contributed by atoms with Crippen molar-refractivity contribution >= 4 is 40.7 Å². The molecule has 7 heteroatoms. The standard InChI is InChI=1S/C16H31N3O2S.HI/c1-3-17-15(18-11-16(12-20)8-9-16)19-13-6-5-7-14(10-13)22(21)4-2;/h13-14,20H,3-12H2,1-2H3,(H2,17,18,19);1H. The summed E-state index contributed by atoms with van der Waals surface area (Å²) in [4.78, 5) is 4.66. The van der Waals surface area contributed by atoms with Gasteiger partial charge in [0.2, 0.25) is 0 Å². The van der Waals surface area contributed by atoms with Gasteiger partial charge in [-0.2, -0.15) is 0 Å². The molecule has 0 aromatic carbocycles. The summed E-state index contributed by atoms with van der Waals surface area (Å²) in [5, 5.41) is 16.5.